The fourth-order valence-corrected chi connectivity index (χ4v) is 1.14. The number of nitrogens with zero attached hydrogens (tertiary/aromatic N) is 4. The first-order valence-electron chi connectivity index (χ1n) is 4.20. The summed E-state index contributed by atoms with van der Waals surface area (Å²) >= 11 is 0. The van der Waals surface area contributed by atoms with E-state index in [0.717, 1.165) is 5.96 Å². The molecule has 0 spiro atoms. The molecule has 0 rings (SSSR count). The topological polar surface area (TPSA) is 48.1 Å². The van der Waals surface area contributed by atoms with Crippen molar-refractivity contribution in [3.63, 3.8) is 0 Å². The Balaban J connectivity index is 4.47. The molecular formula is C8H21N5. The highest BCUT2D eigenvalue weighted by molar-refractivity contribution is 5.79. The lowest BCUT2D eigenvalue weighted by Gasteiger charge is -2.34. The maximum atomic E-state index is 5.92. The maximum Gasteiger partial charge on any atom is 0.197 e. The van der Waals surface area contributed by atoms with Crippen LogP contribution in [0.4, 0.5) is 0 Å². The van der Waals surface area contributed by atoms with Gasteiger partial charge in [-0.2, -0.15) is 0 Å². The highest BCUT2D eigenvalue weighted by atomic mass is 15.5. The monoisotopic (exact) mass is 187 g/mol. The van der Waals surface area contributed by atoms with Crippen LogP contribution in [-0.4, -0.2) is 69.2 Å². The van der Waals surface area contributed by atoms with Gasteiger partial charge in [0, 0.05) is 28.2 Å². The van der Waals surface area contributed by atoms with Gasteiger partial charge in [0.25, 0.3) is 0 Å². The second-order valence-corrected chi connectivity index (χ2v) is 3.41. The number of nitrogens with two attached hydrogens (primary N) is 1. The zero-order valence-corrected chi connectivity index (χ0v) is 9.44. The van der Waals surface area contributed by atoms with Crippen LogP contribution in [0.25, 0.3) is 0 Å². The fraction of sp³-hybridized carbons (Fsp3) is 0.875. The molecule has 1 unspecified atom stereocenters. The van der Waals surface area contributed by atoms with Gasteiger partial charge in [-0.1, -0.05) is 0 Å². The molecule has 0 aliphatic carbocycles. The summed E-state index contributed by atoms with van der Waals surface area (Å²) in [6.45, 7) is 0. The van der Waals surface area contributed by atoms with Crippen molar-refractivity contribution in [3.05, 3.63) is 0 Å². The summed E-state index contributed by atoms with van der Waals surface area (Å²) in [5.74, 6) is 0.862. The van der Waals surface area contributed by atoms with E-state index in [1.165, 1.54) is 0 Å². The molecule has 5 nitrogen and oxygen atoms in total. The molecule has 78 valence electrons. The third-order valence-corrected chi connectivity index (χ3v) is 1.84. The summed E-state index contributed by atoms with van der Waals surface area (Å²) in [4.78, 5) is 9.93. The van der Waals surface area contributed by atoms with Crippen LogP contribution >= 0.6 is 0 Å². The molecule has 0 aliphatic heterocycles. The molecule has 2 N–H and O–H groups in total. The van der Waals surface area contributed by atoms with Crippen molar-refractivity contribution in [1.29, 1.82) is 0 Å². The van der Waals surface area contributed by atoms with Gasteiger partial charge < -0.3 is 9.80 Å². The van der Waals surface area contributed by atoms with E-state index in [-0.39, 0.29) is 6.29 Å². The summed E-state index contributed by atoms with van der Waals surface area (Å²) < 4.78 is 0. The van der Waals surface area contributed by atoms with E-state index in [2.05, 4.69) is 4.99 Å². The SMILES string of the molecule is CN=C(N(C)C)N(C)C(N)N(C)C. The molecular weight excluding hydrogens is 166 g/mol. The van der Waals surface area contributed by atoms with Crippen LogP contribution in [0.3, 0.4) is 0 Å². The van der Waals surface area contributed by atoms with Crippen molar-refractivity contribution < 1.29 is 0 Å². The van der Waals surface area contributed by atoms with Gasteiger partial charge >= 0.3 is 0 Å². The van der Waals surface area contributed by atoms with Crippen LogP contribution in [-0.2, 0) is 0 Å². The number of hydrogen-bond acceptors (Lipinski definition) is 3. The van der Waals surface area contributed by atoms with Crippen LogP contribution in [0.5, 0.6) is 0 Å². The zero-order valence-electron chi connectivity index (χ0n) is 9.44. The summed E-state index contributed by atoms with van der Waals surface area (Å²) in [5.41, 5.74) is 5.92. The lowest BCUT2D eigenvalue weighted by Crippen LogP contribution is -2.54. The average Bonchev–Trinajstić information content (AvgIpc) is 2.03. The largest absolute Gasteiger partial charge is 0.349 e. The van der Waals surface area contributed by atoms with Crippen LogP contribution in [0.15, 0.2) is 4.99 Å². The number of rotatable bonds is 2. The zero-order chi connectivity index (χ0) is 10.6. The fourth-order valence-electron chi connectivity index (χ4n) is 1.14. The molecule has 0 fully saturated rings. The van der Waals surface area contributed by atoms with Crippen molar-refractivity contribution in [2.45, 2.75) is 6.29 Å². The smallest absolute Gasteiger partial charge is 0.197 e. The van der Waals surface area contributed by atoms with Gasteiger partial charge in [0.15, 0.2) is 5.96 Å². The predicted octanol–water partition coefficient (Wildman–Crippen LogP) is -0.730. The number of hydrogen-bond donors (Lipinski definition) is 1. The first kappa shape index (κ1) is 12.2. The molecule has 0 heterocycles. The third-order valence-electron chi connectivity index (χ3n) is 1.84. The first-order valence-corrected chi connectivity index (χ1v) is 4.20. The van der Waals surface area contributed by atoms with E-state index in [1.54, 1.807) is 7.05 Å². The Morgan fingerprint density at radius 1 is 1.15 bits per heavy atom. The van der Waals surface area contributed by atoms with Gasteiger partial charge in [0.05, 0.1) is 0 Å². The van der Waals surface area contributed by atoms with Crippen molar-refractivity contribution >= 4 is 5.96 Å². The lowest BCUT2D eigenvalue weighted by atomic mass is 10.6. The molecule has 0 amide bonds. The molecule has 0 aliphatic rings. The predicted molar refractivity (Wildman–Crippen MR) is 56.5 cm³/mol. The van der Waals surface area contributed by atoms with Crippen LogP contribution < -0.4 is 5.73 Å². The van der Waals surface area contributed by atoms with Crippen LogP contribution in [0.2, 0.25) is 0 Å². The van der Waals surface area contributed by atoms with Crippen molar-refractivity contribution in [1.82, 2.24) is 14.7 Å². The maximum absolute atomic E-state index is 5.92. The minimum atomic E-state index is -0.152. The lowest BCUT2D eigenvalue weighted by molar-refractivity contribution is 0.161. The number of aliphatic imine (C=N–C) groups is 1. The Hall–Kier alpha value is -0.810. The summed E-state index contributed by atoms with van der Waals surface area (Å²) in [5, 5.41) is 0. The van der Waals surface area contributed by atoms with E-state index >= 15 is 0 Å². The van der Waals surface area contributed by atoms with Crippen molar-refractivity contribution in [3.8, 4) is 0 Å². The molecule has 5 heteroatoms. The molecule has 0 saturated heterocycles. The number of guanidine groups is 1. The summed E-state index contributed by atoms with van der Waals surface area (Å²) in [7, 11) is 11.4. The Kier molecular flexibility index (Phi) is 4.72. The van der Waals surface area contributed by atoms with Crippen molar-refractivity contribution in [2.75, 3.05) is 42.3 Å². The Labute approximate surface area is 80.8 Å². The molecule has 0 saturated carbocycles. The van der Waals surface area contributed by atoms with Gasteiger partial charge in [-0.3, -0.25) is 15.6 Å². The molecule has 0 aromatic rings. The van der Waals surface area contributed by atoms with E-state index in [9.17, 15) is 0 Å². The van der Waals surface area contributed by atoms with E-state index < -0.39 is 0 Å². The highest BCUT2D eigenvalue weighted by Crippen LogP contribution is 1.97. The van der Waals surface area contributed by atoms with E-state index in [0.29, 0.717) is 0 Å². The summed E-state index contributed by atoms with van der Waals surface area (Å²) in [6.07, 6.45) is -0.152. The van der Waals surface area contributed by atoms with Gasteiger partial charge in [0.2, 0.25) is 0 Å². The van der Waals surface area contributed by atoms with Gasteiger partial charge in [-0.15, -0.1) is 0 Å². The minimum absolute atomic E-state index is 0.152. The summed E-state index contributed by atoms with van der Waals surface area (Å²) in [6, 6.07) is 0. The van der Waals surface area contributed by atoms with Gasteiger partial charge in [-0.05, 0) is 14.1 Å². The molecule has 0 bridgehead atoms. The Morgan fingerprint density at radius 2 is 1.62 bits per heavy atom. The van der Waals surface area contributed by atoms with Crippen LogP contribution in [0.1, 0.15) is 0 Å². The third kappa shape index (κ3) is 3.20. The Morgan fingerprint density at radius 3 is 1.85 bits per heavy atom. The first-order chi connectivity index (χ1) is 5.91. The van der Waals surface area contributed by atoms with Crippen molar-refractivity contribution in [2.24, 2.45) is 10.7 Å². The quantitative estimate of drug-likeness (QED) is 0.352. The molecule has 0 aromatic carbocycles. The van der Waals surface area contributed by atoms with Gasteiger partial charge in [-0.25, -0.2) is 0 Å². The second-order valence-electron chi connectivity index (χ2n) is 3.41. The second kappa shape index (κ2) is 5.04. The standard InChI is InChI=1S/C8H21N5/c1-10-8(12(4)5)13(6)7(9)11(2)3/h7H,9H2,1-6H3. The molecule has 0 aromatic heterocycles. The molecule has 0 radical (unpaired) electrons. The van der Waals surface area contributed by atoms with Crippen LogP contribution in [0, 0.1) is 0 Å². The Bertz CT molecular complexity index is 175. The normalized spacial score (nSPS) is 14.6. The average molecular weight is 187 g/mol. The highest BCUT2D eigenvalue weighted by Gasteiger charge is 2.16. The van der Waals surface area contributed by atoms with E-state index in [1.807, 2.05) is 49.9 Å². The minimum Gasteiger partial charge on any atom is -0.349 e. The van der Waals surface area contributed by atoms with Gasteiger partial charge in [0.1, 0.15) is 6.29 Å². The molecule has 13 heavy (non-hydrogen) atoms. The van der Waals surface area contributed by atoms with E-state index in [4.69, 9.17) is 5.73 Å². The molecule has 1 atom stereocenters.